The molecule has 3 heterocycles. The van der Waals surface area contributed by atoms with Crippen LogP contribution in [0.2, 0.25) is 0 Å². The van der Waals surface area contributed by atoms with Crippen molar-refractivity contribution in [2.45, 2.75) is 25.4 Å². The van der Waals surface area contributed by atoms with Gasteiger partial charge in [0.25, 0.3) is 0 Å². The fraction of sp³-hybridized carbons (Fsp3) is 0.167. The van der Waals surface area contributed by atoms with Crippen LogP contribution in [0.4, 0.5) is 36.7 Å². The van der Waals surface area contributed by atoms with E-state index in [-0.39, 0.29) is 36.4 Å². The number of halogens is 7. The third kappa shape index (κ3) is 5.28. The highest BCUT2D eigenvalue weighted by molar-refractivity contribution is 5.74. The van der Waals surface area contributed by atoms with Gasteiger partial charge >= 0.3 is 12.4 Å². The van der Waals surface area contributed by atoms with Gasteiger partial charge < -0.3 is 14.8 Å². The molecule has 0 amide bonds. The highest BCUT2D eigenvalue weighted by atomic mass is 19.4. The number of nitrogens with one attached hydrogen (secondary N) is 2. The van der Waals surface area contributed by atoms with Crippen molar-refractivity contribution in [3.8, 4) is 11.3 Å². The van der Waals surface area contributed by atoms with E-state index < -0.39 is 29.0 Å². The number of fused-ring (bicyclic) bond motifs is 1. The minimum absolute atomic E-state index is 0.0397. The van der Waals surface area contributed by atoms with E-state index in [0.717, 1.165) is 0 Å². The van der Waals surface area contributed by atoms with Crippen molar-refractivity contribution in [3.63, 3.8) is 0 Å². The van der Waals surface area contributed by atoms with Gasteiger partial charge in [0.1, 0.15) is 28.7 Å². The van der Waals surface area contributed by atoms with E-state index in [1.807, 2.05) is 0 Å². The SMILES string of the molecule is Fc1ccccc1CNc1nc2cn[n+](Cc3cc(-c4ccc(C(F)(F)F)cc4C(F)(F)F)no3)cc2[nH]1. The van der Waals surface area contributed by atoms with Crippen molar-refractivity contribution < 1.29 is 39.9 Å². The van der Waals surface area contributed by atoms with E-state index >= 15 is 0 Å². The van der Waals surface area contributed by atoms with Crippen LogP contribution in [0, 0.1) is 5.82 Å². The lowest BCUT2D eigenvalue weighted by Gasteiger charge is -2.14. The largest absolute Gasteiger partial charge is 0.417 e. The molecule has 0 aliphatic heterocycles. The molecule has 0 radical (unpaired) electrons. The minimum atomic E-state index is -5.05. The standard InChI is InChI=1S/C24H15F7N6O/c25-18-4-2-1-3-13(18)9-32-22-34-20-10-33-37(12-21(20)35-22)11-15-8-19(36-38-15)16-6-5-14(23(26,27)28)7-17(16)24(29,30)31/h1-8,10,12H,9,11H2,(H,32,35)/p+1. The smallest absolute Gasteiger partial charge is 0.354 e. The van der Waals surface area contributed by atoms with Gasteiger partial charge in [0.15, 0.2) is 0 Å². The van der Waals surface area contributed by atoms with E-state index in [1.165, 1.54) is 23.0 Å². The summed E-state index contributed by atoms with van der Waals surface area (Å²) < 4.78 is 99.7. The van der Waals surface area contributed by atoms with Crippen molar-refractivity contribution in [1.29, 1.82) is 0 Å². The van der Waals surface area contributed by atoms with Crippen LogP contribution in [-0.2, 0) is 25.4 Å². The Labute approximate surface area is 208 Å². The summed E-state index contributed by atoms with van der Waals surface area (Å²) in [6, 6.07) is 8.79. The molecule has 0 unspecified atom stereocenters. The molecule has 0 aliphatic rings. The second-order valence-electron chi connectivity index (χ2n) is 8.23. The second-order valence-corrected chi connectivity index (χ2v) is 8.23. The third-order valence-electron chi connectivity index (χ3n) is 5.58. The summed E-state index contributed by atoms with van der Waals surface area (Å²) in [5, 5.41) is 10.8. The summed E-state index contributed by atoms with van der Waals surface area (Å²) in [4.78, 5) is 7.33. The number of anilines is 1. The van der Waals surface area contributed by atoms with Crippen molar-refractivity contribution in [2.24, 2.45) is 0 Å². The number of alkyl halides is 6. The minimum Gasteiger partial charge on any atom is -0.354 e. The Morgan fingerprint density at radius 2 is 1.76 bits per heavy atom. The van der Waals surface area contributed by atoms with Crippen molar-refractivity contribution >= 4 is 17.0 Å². The van der Waals surface area contributed by atoms with E-state index in [9.17, 15) is 30.7 Å². The fourth-order valence-corrected chi connectivity index (χ4v) is 3.75. The van der Waals surface area contributed by atoms with E-state index in [4.69, 9.17) is 4.52 Å². The lowest BCUT2D eigenvalue weighted by Crippen LogP contribution is -2.37. The zero-order valence-electron chi connectivity index (χ0n) is 19.0. The molecule has 38 heavy (non-hydrogen) atoms. The summed E-state index contributed by atoms with van der Waals surface area (Å²) in [6.45, 7) is 0.145. The molecule has 2 aromatic carbocycles. The molecular formula is C24H16F7N6O+. The maximum absolute atomic E-state index is 13.8. The number of rotatable bonds is 6. The first-order valence-electron chi connectivity index (χ1n) is 10.9. The Morgan fingerprint density at radius 3 is 2.50 bits per heavy atom. The predicted molar refractivity (Wildman–Crippen MR) is 119 cm³/mol. The zero-order chi connectivity index (χ0) is 27.1. The Hall–Kier alpha value is -4.49. The predicted octanol–water partition coefficient (Wildman–Crippen LogP) is 5.74. The average Bonchev–Trinajstić information content (AvgIpc) is 3.48. The Bertz CT molecular complexity index is 1610. The van der Waals surface area contributed by atoms with E-state index in [0.29, 0.717) is 34.7 Å². The van der Waals surface area contributed by atoms with Crippen molar-refractivity contribution in [1.82, 2.24) is 20.2 Å². The Morgan fingerprint density at radius 1 is 0.974 bits per heavy atom. The summed E-state index contributed by atoms with van der Waals surface area (Å²) in [5.74, 6) is 0.120. The van der Waals surface area contributed by atoms with Gasteiger partial charge in [0.2, 0.25) is 24.5 Å². The van der Waals surface area contributed by atoms with Gasteiger partial charge in [-0.15, -0.1) is 0 Å². The topological polar surface area (TPSA) is 83.5 Å². The number of hydrogen-bond donors (Lipinski definition) is 2. The maximum atomic E-state index is 13.8. The van der Waals surface area contributed by atoms with E-state index in [1.54, 1.807) is 24.4 Å². The molecular weight excluding hydrogens is 521 g/mol. The number of H-pyrrole nitrogens is 1. The summed E-state index contributed by atoms with van der Waals surface area (Å²) in [7, 11) is 0. The summed E-state index contributed by atoms with van der Waals surface area (Å²) in [6.07, 6.45) is -6.98. The maximum Gasteiger partial charge on any atom is 0.417 e. The van der Waals surface area contributed by atoms with Crippen molar-refractivity contribution in [2.75, 3.05) is 5.32 Å². The van der Waals surface area contributed by atoms with Crippen LogP contribution in [0.3, 0.4) is 0 Å². The van der Waals surface area contributed by atoms with Gasteiger partial charge in [0, 0.05) is 23.7 Å². The molecule has 0 spiro atoms. The Kier molecular flexibility index (Phi) is 6.25. The summed E-state index contributed by atoms with van der Waals surface area (Å²) >= 11 is 0. The molecule has 3 aromatic heterocycles. The lowest BCUT2D eigenvalue weighted by atomic mass is 10.0. The number of aromatic nitrogens is 5. The van der Waals surface area contributed by atoms with Gasteiger partial charge in [-0.25, -0.2) is 9.37 Å². The van der Waals surface area contributed by atoms with Gasteiger partial charge in [-0.1, -0.05) is 34.1 Å². The number of aromatic amines is 1. The zero-order valence-corrected chi connectivity index (χ0v) is 19.0. The monoisotopic (exact) mass is 537 g/mol. The molecule has 0 saturated heterocycles. The number of benzene rings is 2. The van der Waals surface area contributed by atoms with Crippen LogP contribution in [-0.4, -0.2) is 20.2 Å². The van der Waals surface area contributed by atoms with Gasteiger partial charge in [-0.2, -0.15) is 26.3 Å². The van der Waals surface area contributed by atoms with E-state index in [2.05, 4.69) is 25.5 Å². The Balaban J connectivity index is 1.35. The van der Waals surface area contributed by atoms with Crippen LogP contribution in [0.5, 0.6) is 0 Å². The molecule has 5 aromatic rings. The van der Waals surface area contributed by atoms with Crippen LogP contribution in [0.1, 0.15) is 22.5 Å². The highest BCUT2D eigenvalue weighted by Crippen LogP contribution is 2.40. The summed E-state index contributed by atoms with van der Waals surface area (Å²) in [5.41, 5.74) is -2.23. The molecule has 2 N–H and O–H groups in total. The third-order valence-corrected chi connectivity index (χ3v) is 5.58. The highest BCUT2D eigenvalue weighted by Gasteiger charge is 2.39. The first kappa shape index (κ1) is 25.2. The first-order valence-corrected chi connectivity index (χ1v) is 10.9. The molecule has 0 atom stereocenters. The van der Waals surface area contributed by atoms with Crippen molar-refractivity contribution in [3.05, 3.63) is 89.2 Å². The average molecular weight is 537 g/mol. The van der Waals surface area contributed by atoms with Crippen LogP contribution >= 0.6 is 0 Å². The molecule has 14 heteroatoms. The van der Waals surface area contributed by atoms with Gasteiger partial charge in [-0.3, -0.25) is 0 Å². The molecule has 0 bridgehead atoms. The van der Waals surface area contributed by atoms with Crippen LogP contribution in [0.25, 0.3) is 22.3 Å². The number of hydrogen-bond acceptors (Lipinski definition) is 5. The number of imidazole rings is 1. The molecule has 7 nitrogen and oxygen atoms in total. The van der Waals surface area contributed by atoms with Gasteiger partial charge in [0.05, 0.1) is 11.1 Å². The molecule has 196 valence electrons. The molecule has 5 rings (SSSR count). The molecule has 0 fully saturated rings. The van der Waals surface area contributed by atoms with Crippen LogP contribution < -0.4 is 10.00 Å². The van der Waals surface area contributed by atoms with Gasteiger partial charge in [-0.05, 0) is 23.3 Å². The lowest BCUT2D eigenvalue weighted by molar-refractivity contribution is -0.746. The second kappa shape index (κ2) is 9.43. The van der Waals surface area contributed by atoms with Crippen LogP contribution in [0.15, 0.2) is 65.4 Å². The first-order chi connectivity index (χ1) is 18.0. The normalized spacial score (nSPS) is 12.3. The quantitative estimate of drug-likeness (QED) is 0.213. The molecule has 0 aliphatic carbocycles. The molecule has 0 saturated carbocycles. The fourth-order valence-electron chi connectivity index (χ4n) is 3.75. The number of nitrogens with zero attached hydrogens (tertiary/aromatic N) is 4.